The third-order valence-corrected chi connectivity index (χ3v) is 3.37. The standard InChI is InChI=1S/C12H20N2O3S/c1-5-17-9(12(2,3)4)10-14-7(6-18-10)8(13)11(15)16/h6,8-9H,5,13H2,1-4H3,(H,15,16). The van der Waals surface area contributed by atoms with E-state index < -0.39 is 12.0 Å². The first-order chi connectivity index (χ1) is 8.27. The molecule has 1 aromatic heterocycles. The van der Waals surface area contributed by atoms with E-state index in [1.54, 1.807) is 5.38 Å². The molecule has 5 nitrogen and oxygen atoms in total. The normalized spacial score (nSPS) is 15.4. The van der Waals surface area contributed by atoms with Gasteiger partial charge in [-0.25, -0.2) is 4.98 Å². The summed E-state index contributed by atoms with van der Waals surface area (Å²) < 4.78 is 5.71. The number of thiazole rings is 1. The molecule has 0 aliphatic heterocycles. The molecule has 6 heteroatoms. The van der Waals surface area contributed by atoms with Gasteiger partial charge in [0.2, 0.25) is 0 Å². The van der Waals surface area contributed by atoms with Crippen LogP contribution in [-0.4, -0.2) is 22.7 Å². The van der Waals surface area contributed by atoms with Crippen LogP contribution in [0.3, 0.4) is 0 Å². The van der Waals surface area contributed by atoms with Crippen molar-refractivity contribution in [2.24, 2.45) is 11.1 Å². The predicted octanol–water partition coefficient (Wildman–Crippen LogP) is 2.35. The highest BCUT2D eigenvalue weighted by Gasteiger charge is 2.30. The smallest absolute Gasteiger partial charge is 0.326 e. The number of carbonyl (C=O) groups is 1. The average Bonchev–Trinajstić information content (AvgIpc) is 2.71. The Bertz CT molecular complexity index is 412. The minimum absolute atomic E-state index is 0.0988. The zero-order chi connectivity index (χ0) is 13.9. The summed E-state index contributed by atoms with van der Waals surface area (Å²) in [6.07, 6.45) is -0.151. The molecule has 2 atom stereocenters. The second kappa shape index (κ2) is 5.77. The second-order valence-corrected chi connectivity index (χ2v) is 6.02. The Morgan fingerprint density at radius 1 is 1.61 bits per heavy atom. The SMILES string of the molecule is CCOC(c1nc(C(N)C(=O)O)cs1)C(C)(C)C. The van der Waals surface area contributed by atoms with Crippen LogP contribution in [0.25, 0.3) is 0 Å². The van der Waals surface area contributed by atoms with Crippen molar-refractivity contribution < 1.29 is 14.6 Å². The molecule has 2 unspecified atom stereocenters. The van der Waals surface area contributed by atoms with Gasteiger partial charge in [0, 0.05) is 12.0 Å². The highest BCUT2D eigenvalue weighted by molar-refractivity contribution is 7.09. The molecule has 0 radical (unpaired) electrons. The summed E-state index contributed by atoms with van der Waals surface area (Å²) in [7, 11) is 0. The Balaban J connectivity index is 2.98. The van der Waals surface area contributed by atoms with Crippen LogP contribution in [-0.2, 0) is 9.53 Å². The van der Waals surface area contributed by atoms with Crippen LogP contribution < -0.4 is 5.73 Å². The van der Waals surface area contributed by atoms with Crippen molar-refractivity contribution in [2.75, 3.05) is 6.61 Å². The molecule has 3 N–H and O–H groups in total. The lowest BCUT2D eigenvalue weighted by atomic mass is 9.89. The van der Waals surface area contributed by atoms with Gasteiger partial charge in [-0.1, -0.05) is 20.8 Å². The van der Waals surface area contributed by atoms with Gasteiger partial charge in [0.1, 0.15) is 17.2 Å². The molecule has 0 saturated carbocycles. The molecular formula is C12H20N2O3S. The number of nitrogens with two attached hydrogens (primary N) is 1. The first-order valence-electron chi connectivity index (χ1n) is 5.82. The van der Waals surface area contributed by atoms with Gasteiger partial charge in [-0.3, -0.25) is 4.79 Å². The summed E-state index contributed by atoms with van der Waals surface area (Å²) in [4.78, 5) is 15.1. The van der Waals surface area contributed by atoms with Crippen LogP contribution in [0.5, 0.6) is 0 Å². The Morgan fingerprint density at radius 3 is 2.67 bits per heavy atom. The van der Waals surface area contributed by atoms with Crippen molar-refractivity contribution in [1.82, 2.24) is 4.98 Å². The fourth-order valence-electron chi connectivity index (χ4n) is 1.55. The molecule has 18 heavy (non-hydrogen) atoms. The van der Waals surface area contributed by atoms with Crippen molar-refractivity contribution in [2.45, 2.75) is 39.8 Å². The number of hydrogen-bond donors (Lipinski definition) is 2. The molecule has 0 aliphatic carbocycles. The summed E-state index contributed by atoms with van der Waals surface area (Å²) in [5.74, 6) is -1.07. The van der Waals surface area contributed by atoms with Crippen LogP contribution in [0.15, 0.2) is 5.38 Å². The van der Waals surface area contributed by atoms with E-state index in [1.165, 1.54) is 11.3 Å². The van der Waals surface area contributed by atoms with Gasteiger partial charge in [-0.2, -0.15) is 0 Å². The van der Waals surface area contributed by atoms with Crippen LogP contribution >= 0.6 is 11.3 Å². The van der Waals surface area contributed by atoms with Gasteiger partial charge >= 0.3 is 5.97 Å². The van der Waals surface area contributed by atoms with E-state index in [9.17, 15) is 4.79 Å². The van der Waals surface area contributed by atoms with Gasteiger partial charge < -0.3 is 15.6 Å². The number of carboxylic acid groups (broad SMARTS) is 1. The molecule has 1 aromatic rings. The minimum atomic E-state index is -1.07. The van der Waals surface area contributed by atoms with Gasteiger partial charge in [0.15, 0.2) is 0 Å². The molecule has 1 rings (SSSR count). The largest absolute Gasteiger partial charge is 0.480 e. The van der Waals surface area contributed by atoms with Gasteiger partial charge in [-0.05, 0) is 12.3 Å². The maximum absolute atomic E-state index is 10.8. The van der Waals surface area contributed by atoms with E-state index in [2.05, 4.69) is 25.8 Å². The van der Waals surface area contributed by atoms with Gasteiger partial charge in [0.05, 0.1) is 5.69 Å². The number of aromatic nitrogens is 1. The lowest BCUT2D eigenvalue weighted by Gasteiger charge is -2.28. The predicted molar refractivity (Wildman–Crippen MR) is 70.5 cm³/mol. The third-order valence-electron chi connectivity index (χ3n) is 2.47. The lowest BCUT2D eigenvalue weighted by Crippen LogP contribution is -2.23. The molecule has 0 bridgehead atoms. The Kier molecular flexibility index (Phi) is 4.84. The van der Waals surface area contributed by atoms with Crippen LogP contribution in [0.1, 0.15) is 50.5 Å². The van der Waals surface area contributed by atoms with Crippen molar-refractivity contribution >= 4 is 17.3 Å². The van der Waals surface area contributed by atoms with Gasteiger partial charge in [0.25, 0.3) is 0 Å². The maximum Gasteiger partial charge on any atom is 0.326 e. The number of hydrogen-bond acceptors (Lipinski definition) is 5. The molecule has 102 valence electrons. The molecule has 0 aliphatic rings. The zero-order valence-corrected chi connectivity index (χ0v) is 12.0. The Labute approximate surface area is 111 Å². The molecule has 0 spiro atoms. The Hall–Kier alpha value is -0.980. The van der Waals surface area contributed by atoms with Crippen molar-refractivity contribution in [3.05, 3.63) is 16.1 Å². The number of rotatable bonds is 5. The molecular weight excluding hydrogens is 252 g/mol. The second-order valence-electron chi connectivity index (χ2n) is 5.13. The summed E-state index contributed by atoms with van der Waals surface area (Å²) in [6, 6.07) is -1.07. The monoisotopic (exact) mass is 272 g/mol. The molecule has 0 fully saturated rings. The number of nitrogens with zero attached hydrogens (tertiary/aromatic N) is 1. The molecule has 0 amide bonds. The van der Waals surface area contributed by atoms with Crippen molar-refractivity contribution in [3.63, 3.8) is 0 Å². The third kappa shape index (κ3) is 3.51. The van der Waals surface area contributed by atoms with E-state index in [0.717, 1.165) is 5.01 Å². The van der Waals surface area contributed by atoms with E-state index >= 15 is 0 Å². The quantitative estimate of drug-likeness (QED) is 0.859. The van der Waals surface area contributed by atoms with Crippen LogP contribution in [0.2, 0.25) is 0 Å². The highest BCUT2D eigenvalue weighted by atomic mass is 32.1. The minimum Gasteiger partial charge on any atom is -0.480 e. The first kappa shape index (κ1) is 15.1. The van der Waals surface area contributed by atoms with E-state index in [0.29, 0.717) is 12.3 Å². The fraction of sp³-hybridized carbons (Fsp3) is 0.667. The number of ether oxygens (including phenoxy) is 1. The summed E-state index contributed by atoms with van der Waals surface area (Å²) >= 11 is 1.39. The molecule has 0 aromatic carbocycles. The topological polar surface area (TPSA) is 85.4 Å². The van der Waals surface area contributed by atoms with Crippen LogP contribution in [0, 0.1) is 5.41 Å². The van der Waals surface area contributed by atoms with E-state index in [1.807, 2.05) is 6.92 Å². The van der Waals surface area contributed by atoms with Gasteiger partial charge in [-0.15, -0.1) is 11.3 Å². The molecule has 1 heterocycles. The summed E-state index contributed by atoms with van der Waals surface area (Å²) in [5, 5.41) is 11.3. The van der Waals surface area contributed by atoms with E-state index in [-0.39, 0.29) is 11.5 Å². The zero-order valence-electron chi connectivity index (χ0n) is 11.1. The van der Waals surface area contributed by atoms with Crippen molar-refractivity contribution in [1.29, 1.82) is 0 Å². The molecule has 0 saturated heterocycles. The average molecular weight is 272 g/mol. The summed E-state index contributed by atoms with van der Waals surface area (Å²) in [6.45, 7) is 8.70. The van der Waals surface area contributed by atoms with Crippen LogP contribution in [0.4, 0.5) is 0 Å². The highest BCUT2D eigenvalue weighted by Crippen LogP contribution is 2.37. The first-order valence-corrected chi connectivity index (χ1v) is 6.70. The number of aliphatic carboxylic acids is 1. The Morgan fingerprint density at radius 2 is 2.22 bits per heavy atom. The summed E-state index contributed by atoms with van der Waals surface area (Å²) in [5.41, 5.74) is 5.82. The number of carboxylic acids is 1. The van der Waals surface area contributed by atoms with E-state index in [4.69, 9.17) is 15.6 Å². The lowest BCUT2D eigenvalue weighted by molar-refractivity contribution is -0.138. The fourth-order valence-corrected chi connectivity index (χ4v) is 2.69. The maximum atomic E-state index is 10.8. The van der Waals surface area contributed by atoms with Crippen molar-refractivity contribution in [3.8, 4) is 0 Å².